The molecule has 0 atom stereocenters. The first-order valence-electron chi connectivity index (χ1n) is 6.24. The molecule has 0 bridgehead atoms. The molecule has 0 spiro atoms. The fraction of sp³-hybridized carbons (Fsp3) is 0.308. The van der Waals surface area contributed by atoms with Crippen LogP contribution < -0.4 is 10.1 Å². The summed E-state index contributed by atoms with van der Waals surface area (Å²) in [5.74, 6) is -0.106. The van der Waals surface area contributed by atoms with Gasteiger partial charge in [-0.05, 0) is 34.5 Å². The number of methoxy groups -OCH3 is 1. The second-order valence-electron chi connectivity index (χ2n) is 4.12. The number of hydrogen-bond donors (Lipinski definition) is 1. The van der Waals surface area contributed by atoms with Gasteiger partial charge in [-0.1, -0.05) is 18.5 Å². The predicted octanol–water partition coefficient (Wildman–Crippen LogP) is 3.92. The van der Waals surface area contributed by atoms with Crippen LogP contribution in [0.4, 0.5) is 10.3 Å². The van der Waals surface area contributed by atoms with Gasteiger partial charge in [-0.2, -0.15) is 15.0 Å². The molecule has 2 aromatic rings. The average molecular weight is 376 g/mol. The number of aromatic nitrogens is 3. The van der Waals surface area contributed by atoms with Crippen molar-refractivity contribution < 1.29 is 9.13 Å². The van der Waals surface area contributed by atoms with Crippen LogP contribution in [0.5, 0.6) is 6.01 Å². The molecule has 0 fully saturated rings. The molecule has 0 aliphatic carbocycles. The minimum atomic E-state index is -0.597. The first kappa shape index (κ1) is 15.9. The number of hydrogen-bond acceptors (Lipinski definition) is 5. The molecule has 21 heavy (non-hydrogen) atoms. The van der Waals surface area contributed by atoms with Crippen LogP contribution in [0.3, 0.4) is 0 Å². The average Bonchev–Trinajstić information content (AvgIpc) is 2.50. The molecular weight excluding hydrogens is 363 g/mol. The molecule has 0 saturated heterocycles. The molecule has 0 saturated carbocycles. The van der Waals surface area contributed by atoms with Gasteiger partial charge in [0.1, 0.15) is 0 Å². The Morgan fingerprint density at radius 1 is 1.33 bits per heavy atom. The van der Waals surface area contributed by atoms with Gasteiger partial charge in [0.05, 0.1) is 17.7 Å². The van der Waals surface area contributed by atoms with Gasteiger partial charge in [0, 0.05) is 11.0 Å². The van der Waals surface area contributed by atoms with Crippen molar-refractivity contribution in [2.24, 2.45) is 0 Å². The normalized spacial score (nSPS) is 10.5. The zero-order valence-corrected chi connectivity index (χ0v) is 13.8. The Hall–Kier alpha value is -1.47. The van der Waals surface area contributed by atoms with E-state index in [0.29, 0.717) is 17.0 Å². The molecule has 1 aromatic heterocycles. The Balaban J connectivity index is 2.50. The summed E-state index contributed by atoms with van der Waals surface area (Å²) in [5.41, 5.74) is 0.184. The van der Waals surface area contributed by atoms with Gasteiger partial charge >= 0.3 is 6.01 Å². The summed E-state index contributed by atoms with van der Waals surface area (Å²) in [7, 11) is 1.44. The summed E-state index contributed by atoms with van der Waals surface area (Å²) in [5, 5.41) is 3.00. The number of benzene rings is 1. The molecule has 1 heterocycles. The molecule has 112 valence electrons. The number of nitrogens with one attached hydrogen (secondary N) is 1. The minimum absolute atomic E-state index is 0.0186. The Morgan fingerprint density at radius 3 is 2.76 bits per heavy atom. The third kappa shape index (κ3) is 3.59. The topological polar surface area (TPSA) is 59.9 Å². The Bertz CT molecular complexity index is 656. The van der Waals surface area contributed by atoms with Crippen LogP contribution in [0.15, 0.2) is 16.6 Å². The maximum Gasteiger partial charge on any atom is 0.321 e. The maximum absolute atomic E-state index is 14.2. The fourth-order valence-electron chi connectivity index (χ4n) is 1.58. The highest BCUT2D eigenvalue weighted by Crippen LogP contribution is 2.32. The third-order valence-electron chi connectivity index (χ3n) is 2.61. The Morgan fingerprint density at radius 2 is 2.10 bits per heavy atom. The Labute approximate surface area is 135 Å². The highest BCUT2D eigenvalue weighted by atomic mass is 79.9. The van der Waals surface area contributed by atoms with Crippen molar-refractivity contribution in [1.29, 1.82) is 0 Å². The van der Waals surface area contributed by atoms with Gasteiger partial charge in [-0.15, -0.1) is 0 Å². The van der Waals surface area contributed by atoms with Crippen LogP contribution in [0.2, 0.25) is 5.02 Å². The fourth-order valence-corrected chi connectivity index (χ4v) is 2.05. The number of anilines is 1. The maximum atomic E-state index is 14.2. The molecule has 5 nitrogen and oxygen atoms in total. The number of ether oxygens (including phenoxy) is 1. The van der Waals surface area contributed by atoms with E-state index in [1.54, 1.807) is 12.1 Å². The largest absolute Gasteiger partial charge is 0.467 e. The second kappa shape index (κ2) is 7.00. The summed E-state index contributed by atoms with van der Waals surface area (Å²) in [6, 6.07) is 3.29. The molecule has 0 aliphatic heterocycles. The van der Waals surface area contributed by atoms with Crippen LogP contribution in [0, 0.1) is 5.82 Å². The van der Waals surface area contributed by atoms with E-state index in [4.69, 9.17) is 16.3 Å². The van der Waals surface area contributed by atoms with E-state index >= 15 is 0 Å². The first-order chi connectivity index (χ1) is 10.1. The highest BCUT2D eigenvalue weighted by molar-refractivity contribution is 9.10. The van der Waals surface area contributed by atoms with Gasteiger partial charge in [-0.25, -0.2) is 4.39 Å². The van der Waals surface area contributed by atoms with Gasteiger partial charge in [-0.3, -0.25) is 0 Å². The molecule has 1 N–H and O–H groups in total. The van der Waals surface area contributed by atoms with Crippen molar-refractivity contribution in [2.45, 2.75) is 13.3 Å². The molecule has 0 aliphatic rings. The second-order valence-corrected chi connectivity index (χ2v) is 5.35. The van der Waals surface area contributed by atoms with Crippen LogP contribution in [-0.2, 0) is 0 Å². The summed E-state index contributed by atoms with van der Waals surface area (Å²) in [4.78, 5) is 12.3. The third-order valence-corrected chi connectivity index (χ3v) is 3.87. The van der Waals surface area contributed by atoms with Crippen molar-refractivity contribution >= 4 is 33.5 Å². The standard InChI is InChI=1S/C13H13BrClFN4O/c1-3-6-17-12-18-11(19-13(20-12)21-2)7-4-5-8(14)9(15)10(7)16/h4-5H,3,6H2,1-2H3,(H,17,18,19,20). The summed E-state index contributed by atoms with van der Waals surface area (Å²) in [6.07, 6.45) is 0.905. The van der Waals surface area contributed by atoms with E-state index in [9.17, 15) is 4.39 Å². The lowest BCUT2D eigenvalue weighted by molar-refractivity contribution is 0.379. The van der Waals surface area contributed by atoms with Crippen molar-refractivity contribution in [2.75, 3.05) is 19.0 Å². The molecule has 1 aromatic carbocycles. The zero-order chi connectivity index (χ0) is 15.4. The smallest absolute Gasteiger partial charge is 0.321 e. The van der Waals surface area contributed by atoms with Gasteiger partial charge in [0.25, 0.3) is 0 Å². The van der Waals surface area contributed by atoms with E-state index in [-0.39, 0.29) is 22.4 Å². The number of nitrogens with zero attached hydrogens (tertiary/aromatic N) is 3. The highest BCUT2D eigenvalue weighted by Gasteiger charge is 2.16. The van der Waals surface area contributed by atoms with Crippen molar-refractivity contribution in [3.05, 3.63) is 27.4 Å². The molecule has 0 unspecified atom stereocenters. The lowest BCUT2D eigenvalue weighted by Gasteiger charge is -2.09. The number of halogens is 3. The van der Waals surface area contributed by atoms with Gasteiger partial charge in [0.15, 0.2) is 11.6 Å². The van der Waals surface area contributed by atoms with E-state index in [1.165, 1.54) is 7.11 Å². The van der Waals surface area contributed by atoms with E-state index < -0.39 is 5.82 Å². The molecule has 8 heteroatoms. The minimum Gasteiger partial charge on any atom is -0.467 e. The zero-order valence-electron chi connectivity index (χ0n) is 11.5. The van der Waals surface area contributed by atoms with Crippen LogP contribution >= 0.6 is 27.5 Å². The summed E-state index contributed by atoms with van der Waals surface area (Å²) in [6.45, 7) is 2.71. The Kier molecular flexibility index (Phi) is 5.30. The molecule has 0 amide bonds. The first-order valence-corrected chi connectivity index (χ1v) is 7.41. The SMILES string of the molecule is CCCNc1nc(OC)nc(-c2ccc(Br)c(Cl)c2F)n1. The molecule has 2 rings (SSSR count). The van der Waals surface area contributed by atoms with E-state index in [0.717, 1.165) is 6.42 Å². The summed E-state index contributed by atoms with van der Waals surface area (Å²) >= 11 is 9.06. The van der Waals surface area contributed by atoms with Crippen molar-refractivity contribution in [3.63, 3.8) is 0 Å². The van der Waals surface area contributed by atoms with Crippen LogP contribution in [0.1, 0.15) is 13.3 Å². The van der Waals surface area contributed by atoms with Crippen LogP contribution in [-0.4, -0.2) is 28.6 Å². The van der Waals surface area contributed by atoms with Gasteiger partial charge in [0.2, 0.25) is 5.95 Å². The predicted molar refractivity (Wildman–Crippen MR) is 83.3 cm³/mol. The molecule has 0 radical (unpaired) electrons. The van der Waals surface area contributed by atoms with Crippen molar-refractivity contribution in [1.82, 2.24) is 15.0 Å². The van der Waals surface area contributed by atoms with Crippen LogP contribution in [0.25, 0.3) is 11.4 Å². The molecular formula is C13H13BrClFN4O. The number of rotatable bonds is 5. The monoisotopic (exact) mass is 374 g/mol. The van der Waals surface area contributed by atoms with Gasteiger partial charge < -0.3 is 10.1 Å². The quantitative estimate of drug-likeness (QED) is 0.803. The lowest BCUT2D eigenvalue weighted by Crippen LogP contribution is -2.08. The summed E-state index contributed by atoms with van der Waals surface area (Å²) < 4.78 is 19.7. The van der Waals surface area contributed by atoms with Crippen molar-refractivity contribution in [3.8, 4) is 17.4 Å². The van der Waals surface area contributed by atoms with E-state index in [1.807, 2.05) is 6.92 Å². The lowest BCUT2D eigenvalue weighted by atomic mass is 10.2. The van der Waals surface area contributed by atoms with E-state index in [2.05, 4.69) is 36.2 Å².